The van der Waals surface area contributed by atoms with Crippen LogP contribution in [0.4, 0.5) is 10.1 Å². The lowest BCUT2D eigenvalue weighted by Gasteiger charge is -2.13. The van der Waals surface area contributed by atoms with Gasteiger partial charge in [0.1, 0.15) is 11.9 Å². The number of hydrogen-bond acceptors (Lipinski definition) is 5. The van der Waals surface area contributed by atoms with Gasteiger partial charge < -0.3 is 15.0 Å². The molecule has 2 aromatic carbocycles. The second-order valence-electron chi connectivity index (χ2n) is 6.03. The Morgan fingerprint density at radius 1 is 1.21 bits per heavy atom. The van der Waals surface area contributed by atoms with E-state index in [0.29, 0.717) is 0 Å². The van der Waals surface area contributed by atoms with E-state index in [1.165, 1.54) is 23.9 Å². The number of nitriles is 1. The second kappa shape index (κ2) is 7.76. The highest BCUT2D eigenvalue weighted by Crippen LogP contribution is 2.27. The number of carbonyl (C=O) groups is 2. The van der Waals surface area contributed by atoms with Crippen molar-refractivity contribution in [3.63, 3.8) is 0 Å². The van der Waals surface area contributed by atoms with Gasteiger partial charge in [-0.15, -0.1) is 0 Å². The lowest BCUT2D eigenvalue weighted by atomic mass is 10.0. The van der Waals surface area contributed by atoms with Gasteiger partial charge in [0.05, 0.1) is 24.0 Å². The quantitative estimate of drug-likeness (QED) is 0.543. The van der Waals surface area contributed by atoms with E-state index < -0.39 is 11.8 Å². The maximum Gasteiger partial charge on any atom is 0.357 e. The predicted octanol–water partition coefficient (Wildman–Crippen LogP) is 3.28. The Morgan fingerprint density at radius 3 is 2.57 bits per heavy atom. The summed E-state index contributed by atoms with van der Waals surface area (Å²) in [7, 11) is 1.18. The maximum absolute atomic E-state index is 13.9. The van der Waals surface area contributed by atoms with Gasteiger partial charge in [0.15, 0.2) is 11.5 Å². The van der Waals surface area contributed by atoms with Crippen molar-refractivity contribution in [2.75, 3.05) is 12.8 Å². The Kier molecular flexibility index (Phi) is 5.23. The molecule has 0 aliphatic rings. The molecule has 0 aliphatic carbocycles. The van der Waals surface area contributed by atoms with E-state index in [1.54, 1.807) is 24.3 Å². The average molecular weight is 377 g/mol. The van der Waals surface area contributed by atoms with Crippen molar-refractivity contribution in [2.24, 2.45) is 0 Å². The molecule has 0 saturated carbocycles. The van der Waals surface area contributed by atoms with Crippen molar-refractivity contribution in [1.29, 1.82) is 5.26 Å². The smallest absolute Gasteiger partial charge is 0.357 e. The zero-order valence-electron chi connectivity index (χ0n) is 15.0. The summed E-state index contributed by atoms with van der Waals surface area (Å²) in [5.74, 6) is -1.72. The van der Waals surface area contributed by atoms with E-state index in [4.69, 9.17) is 10.5 Å². The van der Waals surface area contributed by atoms with Gasteiger partial charge in [-0.1, -0.05) is 30.3 Å². The van der Waals surface area contributed by atoms with Gasteiger partial charge in [-0.05, 0) is 23.8 Å². The molecule has 0 spiro atoms. The van der Waals surface area contributed by atoms with Crippen LogP contribution in [0.2, 0.25) is 0 Å². The number of ether oxygens (including phenoxy) is 1. The number of esters is 1. The van der Waals surface area contributed by atoms with Gasteiger partial charge in [0.25, 0.3) is 0 Å². The van der Waals surface area contributed by atoms with E-state index in [2.05, 4.69) is 0 Å². The molecule has 3 rings (SSSR count). The fourth-order valence-corrected chi connectivity index (χ4v) is 2.92. The summed E-state index contributed by atoms with van der Waals surface area (Å²) in [4.78, 5) is 25.1. The van der Waals surface area contributed by atoms with E-state index >= 15 is 0 Å². The Labute approximate surface area is 160 Å². The summed E-state index contributed by atoms with van der Waals surface area (Å²) in [5, 5.41) is 9.25. The molecule has 0 amide bonds. The van der Waals surface area contributed by atoms with Crippen molar-refractivity contribution >= 4 is 17.4 Å². The summed E-state index contributed by atoms with van der Waals surface area (Å²) in [5.41, 5.74) is 6.85. The van der Waals surface area contributed by atoms with Gasteiger partial charge in [0, 0.05) is 18.2 Å². The average Bonchev–Trinajstić information content (AvgIpc) is 3.04. The number of nitrogens with two attached hydrogens (primary N) is 1. The maximum atomic E-state index is 13.9. The number of benzene rings is 2. The van der Waals surface area contributed by atoms with E-state index in [-0.39, 0.29) is 40.4 Å². The van der Waals surface area contributed by atoms with Crippen LogP contribution in [0.15, 0.2) is 54.7 Å². The van der Waals surface area contributed by atoms with Crippen LogP contribution in [0.25, 0.3) is 5.69 Å². The molecule has 7 heteroatoms. The van der Waals surface area contributed by atoms with Crippen molar-refractivity contribution in [2.45, 2.75) is 6.42 Å². The third-order valence-corrected chi connectivity index (χ3v) is 4.27. The molecule has 28 heavy (non-hydrogen) atoms. The SMILES string of the molecule is COC(=O)c1c(N)c(C#N)cn1-c1ccc(F)cc1C(=O)Cc1ccccc1. The van der Waals surface area contributed by atoms with Crippen LogP contribution in [-0.2, 0) is 11.2 Å². The molecule has 3 aromatic rings. The lowest BCUT2D eigenvalue weighted by molar-refractivity contribution is 0.0592. The third kappa shape index (κ3) is 3.48. The lowest BCUT2D eigenvalue weighted by Crippen LogP contribution is -2.15. The van der Waals surface area contributed by atoms with Crippen LogP contribution >= 0.6 is 0 Å². The number of Topliss-reactive ketones (excluding diaryl/α,β-unsaturated/α-hetero) is 1. The molecule has 1 heterocycles. The van der Waals surface area contributed by atoms with Crippen molar-refractivity contribution < 1.29 is 18.7 Å². The van der Waals surface area contributed by atoms with Gasteiger partial charge in [-0.25, -0.2) is 9.18 Å². The van der Waals surface area contributed by atoms with Crippen LogP contribution in [0, 0.1) is 17.1 Å². The molecule has 140 valence electrons. The molecule has 0 atom stereocenters. The van der Waals surface area contributed by atoms with Crippen LogP contribution in [0.3, 0.4) is 0 Å². The molecule has 6 nitrogen and oxygen atoms in total. The van der Waals surface area contributed by atoms with Crippen molar-refractivity contribution in [3.8, 4) is 11.8 Å². The second-order valence-corrected chi connectivity index (χ2v) is 6.03. The first-order valence-corrected chi connectivity index (χ1v) is 8.32. The molecule has 0 aliphatic heterocycles. The van der Waals surface area contributed by atoms with Crippen LogP contribution in [-0.4, -0.2) is 23.4 Å². The van der Waals surface area contributed by atoms with Crippen LogP contribution in [0.5, 0.6) is 0 Å². The van der Waals surface area contributed by atoms with Crippen molar-refractivity contribution in [1.82, 2.24) is 4.57 Å². The molecule has 0 saturated heterocycles. The fourth-order valence-electron chi connectivity index (χ4n) is 2.92. The topological polar surface area (TPSA) is 98.1 Å². The highest BCUT2D eigenvalue weighted by Gasteiger charge is 2.24. The largest absolute Gasteiger partial charge is 0.464 e. The number of hydrogen-bond donors (Lipinski definition) is 1. The first kappa shape index (κ1) is 18.9. The van der Waals surface area contributed by atoms with Crippen molar-refractivity contribution in [3.05, 3.63) is 82.9 Å². The Balaban J connectivity index is 2.15. The highest BCUT2D eigenvalue weighted by atomic mass is 19.1. The van der Waals surface area contributed by atoms with Gasteiger partial charge in [0.2, 0.25) is 0 Å². The van der Waals surface area contributed by atoms with Crippen LogP contribution < -0.4 is 5.73 Å². The molecule has 0 fully saturated rings. The molecule has 1 aromatic heterocycles. The molecule has 0 radical (unpaired) electrons. The number of nitrogen functional groups attached to an aromatic ring is 1. The number of rotatable bonds is 5. The van der Waals surface area contributed by atoms with Gasteiger partial charge >= 0.3 is 5.97 Å². The van der Waals surface area contributed by atoms with E-state index in [1.807, 2.05) is 12.1 Å². The summed E-state index contributed by atoms with van der Waals surface area (Å²) in [6.45, 7) is 0. The Bertz CT molecular complexity index is 1100. The Hall–Kier alpha value is -3.92. The van der Waals surface area contributed by atoms with Gasteiger partial charge in [-0.3, -0.25) is 4.79 Å². The minimum atomic E-state index is -0.773. The minimum absolute atomic E-state index is 0.0474. The minimum Gasteiger partial charge on any atom is -0.464 e. The number of anilines is 1. The number of ketones is 1. The number of halogens is 1. The summed E-state index contributed by atoms with van der Waals surface area (Å²) in [6.07, 6.45) is 1.38. The van der Waals surface area contributed by atoms with E-state index in [9.17, 15) is 19.2 Å². The number of nitrogens with zero attached hydrogens (tertiary/aromatic N) is 2. The first-order valence-electron chi connectivity index (χ1n) is 8.32. The molecule has 0 unspecified atom stereocenters. The monoisotopic (exact) mass is 377 g/mol. The number of aromatic nitrogens is 1. The normalized spacial score (nSPS) is 10.3. The highest BCUT2D eigenvalue weighted by molar-refractivity contribution is 6.02. The molecular formula is C21H16FN3O3. The standard InChI is InChI=1S/C21H16FN3O3/c1-28-21(27)20-19(24)14(11-23)12-25(20)17-8-7-15(22)10-16(17)18(26)9-13-5-3-2-4-6-13/h2-8,10,12H,9,24H2,1H3. The van der Waals surface area contributed by atoms with Crippen LogP contribution in [0.1, 0.15) is 32.0 Å². The predicted molar refractivity (Wildman–Crippen MR) is 101 cm³/mol. The zero-order chi connectivity index (χ0) is 20.3. The zero-order valence-corrected chi connectivity index (χ0v) is 15.0. The number of carbonyl (C=O) groups excluding carboxylic acids is 2. The van der Waals surface area contributed by atoms with E-state index in [0.717, 1.165) is 17.7 Å². The molecule has 2 N–H and O–H groups in total. The fraction of sp³-hybridized carbons (Fsp3) is 0.0952. The Morgan fingerprint density at radius 2 is 1.93 bits per heavy atom. The molecular weight excluding hydrogens is 361 g/mol. The summed E-state index contributed by atoms with van der Waals surface area (Å²) >= 11 is 0. The van der Waals surface area contributed by atoms with Gasteiger partial charge in [-0.2, -0.15) is 5.26 Å². The first-order chi connectivity index (χ1) is 13.5. The molecule has 0 bridgehead atoms. The summed E-state index contributed by atoms with van der Waals surface area (Å²) in [6, 6.07) is 14.5. The number of methoxy groups -OCH3 is 1. The summed E-state index contributed by atoms with van der Waals surface area (Å²) < 4.78 is 19.9. The third-order valence-electron chi connectivity index (χ3n) is 4.27.